The van der Waals surface area contributed by atoms with Crippen LogP contribution in [0.1, 0.15) is 11.1 Å². The molecule has 0 aliphatic carbocycles. The first-order chi connectivity index (χ1) is 15.5. The Balaban J connectivity index is 1.55. The smallest absolute Gasteiger partial charge is 0.264 e. The Bertz CT molecular complexity index is 1190. The van der Waals surface area contributed by atoms with Crippen LogP contribution in [0.25, 0.3) is 6.08 Å². The summed E-state index contributed by atoms with van der Waals surface area (Å²) in [7, 11) is 1.56. The number of ether oxygens (including phenoxy) is 2. The van der Waals surface area contributed by atoms with Crippen molar-refractivity contribution in [3.05, 3.63) is 92.8 Å². The van der Waals surface area contributed by atoms with E-state index >= 15 is 0 Å². The standard InChI is InChI=1S/C24H18Cl2N2O3S/c1-30-20-11-10-15(12-21(20)31-14-17-18(25)8-5-9-19(17)26)13-22-23(29)28-24(32-22)27-16-6-3-2-4-7-16/h2-13H,14H2,1H3,(H,27,28,29)/b22-13-. The lowest BCUT2D eigenvalue weighted by Gasteiger charge is -2.13. The van der Waals surface area contributed by atoms with Gasteiger partial charge in [0.25, 0.3) is 5.91 Å². The summed E-state index contributed by atoms with van der Waals surface area (Å²) in [5.74, 6) is 0.871. The number of nitrogens with one attached hydrogen (secondary N) is 1. The fraction of sp³-hybridized carbons (Fsp3) is 0.0833. The number of hydrogen-bond acceptors (Lipinski definition) is 5. The van der Waals surface area contributed by atoms with E-state index in [0.29, 0.717) is 37.2 Å². The fourth-order valence-electron chi connectivity index (χ4n) is 2.97. The minimum atomic E-state index is -0.203. The highest BCUT2D eigenvalue weighted by molar-refractivity contribution is 8.18. The molecular formula is C24H18Cl2N2O3S. The Kier molecular flexibility index (Phi) is 7.05. The van der Waals surface area contributed by atoms with Crippen LogP contribution in [-0.2, 0) is 11.4 Å². The topological polar surface area (TPSA) is 59.9 Å². The molecule has 32 heavy (non-hydrogen) atoms. The second kappa shape index (κ2) is 10.1. The van der Waals surface area contributed by atoms with E-state index in [1.54, 1.807) is 43.5 Å². The van der Waals surface area contributed by atoms with Gasteiger partial charge in [0, 0.05) is 15.6 Å². The van der Waals surface area contributed by atoms with Crippen molar-refractivity contribution in [1.29, 1.82) is 0 Å². The number of halogens is 2. The zero-order valence-electron chi connectivity index (χ0n) is 17.0. The number of hydrogen-bond donors (Lipinski definition) is 1. The summed E-state index contributed by atoms with van der Waals surface area (Å²) in [6.45, 7) is 0.179. The highest BCUT2D eigenvalue weighted by Crippen LogP contribution is 2.34. The van der Waals surface area contributed by atoms with Crippen LogP contribution in [0.15, 0.2) is 76.6 Å². The number of amidine groups is 1. The van der Waals surface area contributed by atoms with E-state index in [-0.39, 0.29) is 12.5 Å². The van der Waals surface area contributed by atoms with Gasteiger partial charge in [0.05, 0.1) is 17.7 Å². The van der Waals surface area contributed by atoms with Crippen LogP contribution in [0.3, 0.4) is 0 Å². The van der Waals surface area contributed by atoms with Crippen LogP contribution in [0.2, 0.25) is 10.0 Å². The number of methoxy groups -OCH3 is 1. The third-order valence-corrected chi connectivity index (χ3v) is 6.17. The van der Waals surface area contributed by atoms with Gasteiger partial charge in [-0.05, 0) is 59.8 Å². The number of carbonyl (C=O) groups excluding carboxylic acids is 1. The van der Waals surface area contributed by atoms with Crippen LogP contribution < -0.4 is 14.8 Å². The maximum absolute atomic E-state index is 12.4. The predicted octanol–water partition coefficient (Wildman–Crippen LogP) is 6.47. The molecule has 1 N–H and O–H groups in total. The van der Waals surface area contributed by atoms with Crippen molar-refractivity contribution in [2.75, 3.05) is 7.11 Å². The minimum absolute atomic E-state index is 0.179. The number of para-hydroxylation sites is 1. The highest BCUT2D eigenvalue weighted by atomic mass is 35.5. The number of carbonyl (C=O) groups is 1. The first-order valence-electron chi connectivity index (χ1n) is 9.62. The summed E-state index contributed by atoms with van der Waals surface area (Å²) in [5.41, 5.74) is 2.24. The molecule has 0 radical (unpaired) electrons. The first-order valence-corrected chi connectivity index (χ1v) is 11.2. The van der Waals surface area contributed by atoms with E-state index in [4.69, 9.17) is 32.7 Å². The molecule has 0 saturated carbocycles. The van der Waals surface area contributed by atoms with Crippen LogP contribution in [0, 0.1) is 0 Å². The van der Waals surface area contributed by atoms with E-state index in [0.717, 1.165) is 11.3 Å². The Morgan fingerprint density at radius 1 is 1.00 bits per heavy atom. The van der Waals surface area contributed by atoms with Gasteiger partial charge < -0.3 is 14.8 Å². The normalized spacial score (nSPS) is 15.8. The summed E-state index contributed by atoms with van der Waals surface area (Å²) in [6, 6.07) is 20.2. The van der Waals surface area contributed by atoms with Gasteiger partial charge in [-0.1, -0.05) is 53.5 Å². The van der Waals surface area contributed by atoms with Gasteiger partial charge in [0.1, 0.15) is 6.61 Å². The molecule has 8 heteroatoms. The lowest BCUT2D eigenvalue weighted by Crippen LogP contribution is -2.19. The van der Waals surface area contributed by atoms with Crippen molar-refractivity contribution in [3.8, 4) is 11.5 Å². The van der Waals surface area contributed by atoms with Gasteiger partial charge in [0.15, 0.2) is 16.7 Å². The third-order valence-electron chi connectivity index (χ3n) is 4.56. The van der Waals surface area contributed by atoms with Gasteiger partial charge in [0.2, 0.25) is 0 Å². The number of nitrogens with zero attached hydrogens (tertiary/aromatic N) is 1. The van der Waals surface area contributed by atoms with Gasteiger partial charge in [-0.25, -0.2) is 4.99 Å². The molecule has 1 aliphatic heterocycles. The van der Waals surface area contributed by atoms with E-state index in [1.807, 2.05) is 36.4 Å². The number of aliphatic imine (C=N–C) groups is 1. The molecule has 1 aliphatic rings. The van der Waals surface area contributed by atoms with Crippen molar-refractivity contribution >= 4 is 57.8 Å². The SMILES string of the molecule is COc1ccc(/C=C2\SC(=Nc3ccccc3)NC2=O)cc1OCc1c(Cl)cccc1Cl. The molecule has 3 aromatic carbocycles. The summed E-state index contributed by atoms with van der Waals surface area (Å²) >= 11 is 13.8. The molecule has 5 nitrogen and oxygen atoms in total. The van der Waals surface area contributed by atoms with Crippen molar-refractivity contribution in [2.45, 2.75) is 6.61 Å². The Morgan fingerprint density at radius 3 is 2.47 bits per heavy atom. The summed E-state index contributed by atoms with van der Waals surface area (Å²) in [6.07, 6.45) is 1.78. The lowest BCUT2D eigenvalue weighted by atomic mass is 10.2. The van der Waals surface area contributed by atoms with Gasteiger partial charge in [-0.15, -0.1) is 0 Å². The molecule has 0 bridgehead atoms. The van der Waals surface area contributed by atoms with Crippen molar-refractivity contribution in [3.63, 3.8) is 0 Å². The number of thioether (sulfide) groups is 1. The quantitative estimate of drug-likeness (QED) is 0.407. The fourth-order valence-corrected chi connectivity index (χ4v) is 4.32. The van der Waals surface area contributed by atoms with E-state index in [1.165, 1.54) is 11.8 Å². The molecule has 4 rings (SSSR count). The molecule has 0 aromatic heterocycles. The van der Waals surface area contributed by atoms with Gasteiger partial charge in [-0.2, -0.15) is 0 Å². The van der Waals surface area contributed by atoms with Crippen molar-refractivity contribution < 1.29 is 14.3 Å². The zero-order valence-corrected chi connectivity index (χ0v) is 19.3. The van der Waals surface area contributed by atoms with Crippen LogP contribution in [0.5, 0.6) is 11.5 Å². The average molecular weight is 485 g/mol. The van der Waals surface area contributed by atoms with Gasteiger partial charge >= 0.3 is 0 Å². The van der Waals surface area contributed by atoms with E-state index < -0.39 is 0 Å². The average Bonchev–Trinajstić information content (AvgIpc) is 3.12. The lowest BCUT2D eigenvalue weighted by molar-refractivity contribution is -0.115. The molecule has 1 fully saturated rings. The molecule has 1 heterocycles. The molecule has 0 spiro atoms. The second-order valence-corrected chi connectivity index (χ2v) is 8.56. The number of benzene rings is 3. The number of amides is 1. The largest absolute Gasteiger partial charge is 0.493 e. The molecular weight excluding hydrogens is 467 g/mol. The van der Waals surface area contributed by atoms with Crippen LogP contribution >= 0.6 is 35.0 Å². The van der Waals surface area contributed by atoms with E-state index in [2.05, 4.69) is 10.3 Å². The molecule has 1 amide bonds. The third kappa shape index (κ3) is 5.27. The number of rotatable bonds is 6. The maximum Gasteiger partial charge on any atom is 0.264 e. The Hall–Kier alpha value is -2.93. The first kappa shape index (κ1) is 22.3. The monoisotopic (exact) mass is 484 g/mol. The summed E-state index contributed by atoms with van der Waals surface area (Å²) in [4.78, 5) is 17.4. The van der Waals surface area contributed by atoms with Gasteiger partial charge in [-0.3, -0.25) is 4.79 Å². The van der Waals surface area contributed by atoms with Crippen molar-refractivity contribution in [2.24, 2.45) is 4.99 Å². The molecule has 1 saturated heterocycles. The summed E-state index contributed by atoms with van der Waals surface area (Å²) in [5, 5.41) is 4.38. The molecule has 0 atom stereocenters. The minimum Gasteiger partial charge on any atom is -0.493 e. The zero-order chi connectivity index (χ0) is 22.5. The van der Waals surface area contributed by atoms with Crippen LogP contribution in [-0.4, -0.2) is 18.2 Å². The Morgan fingerprint density at radius 2 is 1.75 bits per heavy atom. The Labute approximate surface area is 200 Å². The van der Waals surface area contributed by atoms with Crippen LogP contribution in [0.4, 0.5) is 5.69 Å². The summed E-state index contributed by atoms with van der Waals surface area (Å²) < 4.78 is 11.4. The molecule has 3 aromatic rings. The second-order valence-electron chi connectivity index (χ2n) is 6.72. The van der Waals surface area contributed by atoms with Crippen molar-refractivity contribution in [1.82, 2.24) is 5.32 Å². The molecule has 0 unspecified atom stereocenters. The van der Waals surface area contributed by atoms with E-state index in [9.17, 15) is 4.79 Å². The maximum atomic E-state index is 12.4. The highest BCUT2D eigenvalue weighted by Gasteiger charge is 2.24. The molecule has 162 valence electrons. The predicted molar refractivity (Wildman–Crippen MR) is 131 cm³/mol.